The molecule has 0 radical (unpaired) electrons. The van der Waals surface area contributed by atoms with Crippen molar-refractivity contribution in [2.75, 3.05) is 30.4 Å². The fourth-order valence-electron chi connectivity index (χ4n) is 2.58. The average Bonchev–Trinajstić information content (AvgIpc) is 2.39. The normalized spacial score (nSPS) is 18.1. The second-order valence-corrected chi connectivity index (χ2v) is 5.97. The van der Waals surface area contributed by atoms with E-state index in [0.717, 1.165) is 44.2 Å². The van der Waals surface area contributed by atoms with Gasteiger partial charge < -0.3 is 15.4 Å². The third kappa shape index (κ3) is 3.39. The first-order valence-electron chi connectivity index (χ1n) is 7.50. The van der Waals surface area contributed by atoms with Crippen molar-refractivity contribution in [1.29, 1.82) is 0 Å². The van der Waals surface area contributed by atoms with Crippen LogP contribution in [0.25, 0.3) is 0 Å². The maximum absolute atomic E-state index is 5.46. The third-order valence-corrected chi connectivity index (χ3v) is 3.82. The lowest BCUT2D eigenvalue weighted by Crippen LogP contribution is -2.41. The highest BCUT2D eigenvalue weighted by atomic mass is 16.5. The SMILES string of the molecule is CCNc1ncnc(NC2(C)CCOCC2)c1C(C)C. The minimum Gasteiger partial charge on any atom is -0.381 e. The summed E-state index contributed by atoms with van der Waals surface area (Å²) < 4.78 is 5.46. The second kappa shape index (κ2) is 6.39. The molecule has 112 valence electrons. The van der Waals surface area contributed by atoms with Gasteiger partial charge in [0.1, 0.15) is 18.0 Å². The molecule has 0 aliphatic carbocycles. The maximum Gasteiger partial charge on any atom is 0.135 e. The number of hydrogen-bond acceptors (Lipinski definition) is 5. The highest BCUT2D eigenvalue weighted by molar-refractivity contribution is 5.59. The van der Waals surface area contributed by atoms with Gasteiger partial charge in [0.05, 0.1) is 0 Å². The molecule has 1 saturated heterocycles. The molecule has 1 fully saturated rings. The van der Waals surface area contributed by atoms with Crippen LogP contribution < -0.4 is 10.6 Å². The van der Waals surface area contributed by atoms with E-state index in [1.165, 1.54) is 5.56 Å². The molecule has 1 aliphatic heterocycles. The van der Waals surface area contributed by atoms with Crippen molar-refractivity contribution in [3.63, 3.8) is 0 Å². The molecule has 2 heterocycles. The summed E-state index contributed by atoms with van der Waals surface area (Å²) >= 11 is 0. The Morgan fingerprint density at radius 1 is 1.25 bits per heavy atom. The van der Waals surface area contributed by atoms with Crippen molar-refractivity contribution in [3.05, 3.63) is 11.9 Å². The summed E-state index contributed by atoms with van der Waals surface area (Å²) in [6, 6.07) is 0. The molecule has 0 unspecified atom stereocenters. The summed E-state index contributed by atoms with van der Waals surface area (Å²) in [6.07, 6.45) is 3.64. The highest BCUT2D eigenvalue weighted by Gasteiger charge is 2.29. The smallest absolute Gasteiger partial charge is 0.135 e. The Hall–Kier alpha value is -1.36. The summed E-state index contributed by atoms with van der Waals surface area (Å²) in [6.45, 7) is 11.2. The van der Waals surface area contributed by atoms with Gasteiger partial charge in [-0.1, -0.05) is 13.8 Å². The van der Waals surface area contributed by atoms with Gasteiger partial charge in [-0.05, 0) is 32.6 Å². The zero-order valence-corrected chi connectivity index (χ0v) is 13.0. The van der Waals surface area contributed by atoms with Crippen LogP contribution in [0.2, 0.25) is 0 Å². The first-order valence-corrected chi connectivity index (χ1v) is 7.50. The van der Waals surface area contributed by atoms with E-state index in [1.54, 1.807) is 6.33 Å². The predicted octanol–water partition coefficient (Wildman–Crippen LogP) is 3.01. The Kier molecular flexibility index (Phi) is 4.81. The van der Waals surface area contributed by atoms with Crippen molar-refractivity contribution < 1.29 is 4.74 Å². The van der Waals surface area contributed by atoms with Gasteiger partial charge in [-0.15, -0.1) is 0 Å². The molecule has 0 bridgehead atoms. The van der Waals surface area contributed by atoms with Gasteiger partial charge in [-0.3, -0.25) is 0 Å². The molecule has 2 N–H and O–H groups in total. The van der Waals surface area contributed by atoms with Crippen LogP contribution in [0.3, 0.4) is 0 Å². The number of nitrogens with zero attached hydrogens (tertiary/aromatic N) is 2. The van der Waals surface area contributed by atoms with E-state index < -0.39 is 0 Å². The molecule has 5 nitrogen and oxygen atoms in total. The Morgan fingerprint density at radius 2 is 1.90 bits per heavy atom. The fraction of sp³-hybridized carbons (Fsp3) is 0.733. The van der Waals surface area contributed by atoms with E-state index in [1.807, 2.05) is 0 Å². The number of nitrogens with one attached hydrogen (secondary N) is 2. The van der Waals surface area contributed by atoms with Crippen molar-refractivity contribution >= 4 is 11.6 Å². The summed E-state index contributed by atoms with van der Waals surface area (Å²) in [4.78, 5) is 8.86. The number of ether oxygens (including phenoxy) is 1. The summed E-state index contributed by atoms with van der Waals surface area (Å²) in [5.41, 5.74) is 1.22. The summed E-state index contributed by atoms with van der Waals surface area (Å²) in [5, 5.41) is 6.97. The monoisotopic (exact) mass is 278 g/mol. The van der Waals surface area contributed by atoms with Gasteiger partial charge >= 0.3 is 0 Å². The van der Waals surface area contributed by atoms with Crippen LogP contribution in [-0.4, -0.2) is 35.3 Å². The molecule has 5 heteroatoms. The molecule has 0 aromatic carbocycles. The van der Waals surface area contributed by atoms with Crippen molar-refractivity contribution in [2.45, 2.75) is 52.0 Å². The largest absolute Gasteiger partial charge is 0.381 e. The van der Waals surface area contributed by atoms with Gasteiger partial charge in [0.25, 0.3) is 0 Å². The standard InChI is InChI=1S/C15H26N4O/c1-5-16-13-12(11(2)3)14(18-10-17-13)19-15(4)6-8-20-9-7-15/h10-11H,5-9H2,1-4H3,(H2,16,17,18,19). The fourth-order valence-corrected chi connectivity index (χ4v) is 2.58. The van der Waals surface area contributed by atoms with Gasteiger partial charge in [0.15, 0.2) is 0 Å². The van der Waals surface area contributed by atoms with E-state index in [0.29, 0.717) is 5.92 Å². The molecule has 1 aromatic heterocycles. The molecule has 2 rings (SSSR count). The van der Waals surface area contributed by atoms with Crippen LogP contribution in [0.15, 0.2) is 6.33 Å². The lowest BCUT2D eigenvalue weighted by molar-refractivity contribution is 0.0657. The van der Waals surface area contributed by atoms with Crippen molar-refractivity contribution in [1.82, 2.24) is 9.97 Å². The molecule has 1 aliphatic rings. The first-order chi connectivity index (χ1) is 9.56. The topological polar surface area (TPSA) is 59.1 Å². The Morgan fingerprint density at radius 3 is 2.50 bits per heavy atom. The minimum absolute atomic E-state index is 0.0553. The Bertz CT molecular complexity index is 441. The highest BCUT2D eigenvalue weighted by Crippen LogP contribution is 2.32. The van der Waals surface area contributed by atoms with Crippen molar-refractivity contribution in [2.24, 2.45) is 0 Å². The number of anilines is 2. The van der Waals surface area contributed by atoms with Crippen LogP contribution in [0.5, 0.6) is 0 Å². The van der Waals surface area contributed by atoms with E-state index >= 15 is 0 Å². The quantitative estimate of drug-likeness (QED) is 0.867. The van der Waals surface area contributed by atoms with Crippen LogP contribution in [0, 0.1) is 0 Å². The van der Waals surface area contributed by atoms with E-state index in [2.05, 4.69) is 48.3 Å². The van der Waals surface area contributed by atoms with E-state index in [-0.39, 0.29) is 5.54 Å². The average molecular weight is 278 g/mol. The molecule has 0 atom stereocenters. The van der Waals surface area contributed by atoms with Gasteiger partial charge in [-0.25, -0.2) is 9.97 Å². The first kappa shape index (κ1) is 15.0. The van der Waals surface area contributed by atoms with Crippen LogP contribution in [-0.2, 0) is 4.74 Å². The molecule has 1 aromatic rings. The Balaban J connectivity index is 2.28. The zero-order chi connectivity index (χ0) is 14.6. The predicted molar refractivity (Wildman–Crippen MR) is 82.4 cm³/mol. The molecular formula is C15H26N4O. The lowest BCUT2D eigenvalue weighted by Gasteiger charge is -2.36. The number of rotatable bonds is 5. The molecule has 0 amide bonds. The van der Waals surface area contributed by atoms with Gasteiger partial charge in [0, 0.05) is 30.9 Å². The van der Waals surface area contributed by atoms with Crippen molar-refractivity contribution in [3.8, 4) is 0 Å². The Labute approximate surface area is 121 Å². The molecular weight excluding hydrogens is 252 g/mol. The molecule has 0 saturated carbocycles. The third-order valence-electron chi connectivity index (χ3n) is 3.82. The molecule has 0 spiro atoms. The van der Waals surface area contributed by atoms with E-state index in [9.17, 15) is 0 Å². The van der Waals surface area contributed by atoms with Crippen LogP contribution in [0.1, 0.15) is 52.0 Å². The molecule has 20 heavy (non-hydrogen) atoms. The van der Waals surface area contributed by atoms with E-state index in [4.69, 9.17) is 4.74 Å². The number of hydrogen-bond donors (Lipinski definition) is 2. The van der Waals surface area contributed by atoms with Gasteiger partial charge in [0.2, 0.25) is 0 Å². The van der Waals surface area contributed by atoms with Gasteiger partial charge in [-0.2, -0.15) is 0 Å². The summed E-state index contributed by atoms with van der Waals surface area (Å²) in [7, 11) is 0. The maximum atomic E-state index is 5.46. The zero-order valence-electron chi connectivity index (χ0n) is 13.0. The minimum atomic E-state index is 0.0553. The summed E-state index contributed by atoms with van der Waals surface area (Å²) in [5.74, 6) is 2.27. The van der Waals surface area contributed by atoms with Crippen LogP contribution in [0.4, 0.5) is 11.6 Å². The second-order valence-electron chi connectivity index (χ2n) is 5.97. The number of aromatic nitrogens is 2. The lowest BCUT2D eigenvalue weighted by atomic mass is 9.91. The van der Waals surface area contributed by atoms with Crippen LogP contribution >= 0.6 is 0 Å².